The molecule has 2 aliphatic rings. The van der Waals surface area contributed by atoms with E-state index in [4.69, 9.17) is 0 Å². The standard InChI is InChI=1S/C21H35N3/c1-19(2)16-21(24-14-12-22(3)13-15-24)10-7-11-23(18-21)17-20-8-5-4-6-9-20/h4-6,8-9,19H,7,10-18H2,1-3H3. The van der Waals surface area contributed by atoms with Crippen molar-refractivity contribution in [2.75, 3.05) is 46.3 Å². The first-order chi connectivity index (χ1) is 11.6. The van der Waals surface area contributed by atoms with E-state index in [1.165, 1.54) is 64.1 Å². The maximum absolute atomic E-state index is 2.84. The van der Waals surface area contributed by atoms with Gasteiger partial charge < -0.3 is 4.90 Å². The van der Waals surface area contributed by atoms with E-state index in [9.17, 15) is 0 Å². The maximum Gasteiger partial charge on any atom is 0.0340 e. The molecule has 0 spiro atoms. The molecule has 2 saturated heterocycles. The number of hydrogen-bond acceptors (Lipinski definition) is 3. The molecule has 0 aromatic heterocycles. The van der Waals surface area contributed by atoms with Gasteiger partial charge in [0.15, 0.2) is 0 Å². The third kappa shape index (κ3) is 4.38. The second-order valence-corrected chi connectivity index (χ2v) is 8.41. The largest absolute Gasteiger partial charge is 0.304 e. The normalized spacial score (nSPS) is 27.7. The van der Waals surface area contributed by atoms with Crippen LogP contribution in [0.2, 0.25) is 0 Å². The molecule has 0 radical (unpaired) electrons. The summed E-state index contributed by atoms with van der Waals surface area (Å²) in [6, 6.07) is 11.0. The van der Waals surface area contributed by atoms with Crippen molar-refractivity contribution in [2.24, 2.45) is 5.92 Å². The summed E-state index contributed by atoms with van der Waals surface area (Å²) >= 11 is 0. The zero-order chi connectivity index (χ0) is 17.0. The van der Waals surface area contributed by atoms with Gasteiger partial charge in [-0.1, -0.05) is 44.2 Å². The molecule has 0 bridgehead atoms. The van der Waals surface area contributed by atoms with Gasteiger partial charge >= 0.3 is 0 Å². The zero-order valence-corrected chi connectivity index (χ0v) is 15.9. The zero-order valence-electron chi connectivity index (χ0n) is 15.9. The monoisotopic (exact) mass is 329 g/mol. The van der Waals surface area contributed by atoms with Gasteiger partial charge in [0.2, 0.25) is 0 Å². The van der Waals surface area contributed by atoms with E-state index in [2.05, 4.69) is 65.9 Å². The van der Waals surface area contributed by atoms with E-state index < -0.39 is 0 Å². The Kier molecular flexibility index (Phi) is 5.96. The fraction of sp³-hybridized carbons (Fsp3) is 0.714. The van der Waals surface area contributed by atoms with E-state index in [1.54, 1.807) is 0 Å². The number of likely N-dealkylation sites (N-methyl/N-ethyl adjacent to an activating group) is 1. The summed E-state index contributed by atoms with van der Waals surface area (Å²) in [5.41, 5.74) is 1.85. The number of piperazine rings is 1. The summed E-state index contributed by atoms with van der Waals surface area (Å²) in [5.74, 6) is 0.765. The molecular weight excluding hydrogens is 294 g/mol. The van der Waals surface area contributed by atoms with Crippen molar-refractivity contribution in [2.45, 2.75) is 45.2 Å². The number of rotatable bonds is 5. The molecule has 1 aromatic carbocycles. The minimum atomic E-state index is 0.391. The topological polar surface area (TPSA) is 9.72 Å². The van der Waals surface area contributed by atoms with E-state index >= 15 is 0 Å². The molecular formula is C21H35N3. The summed E-state index contributed by atoms with van der Waals surface area (Å²) in [6.07, 6.45) is 4.05. The molecule has 1 atom stereocenters. The lowest BCUT2D eigenvalue weighted by Gasteiger charge is -2.53. The third-order valence-electron chi connectivity index (χ3n) is 5.85. The van der Waals surface area contributed by atoms with E-state index in [1.807, 2.05) is 0 Å². The predicted octanol–water partition coefficient (Wildman–Crippen LogP) is 3.31. The van der Waals surface area contributed by atoms with Gasteiger partial charge in [0, 0.05) is 44.8 Å². The summed E-state index contributed by atoms with van der Waals surface area (Å²) in [7, 11) is 2.26. The van der Waals surface area contributed by atoms with Crippen LogP contribution in [0.5, 0.6) is 0 Å². The number of piperidine rings is 1. The Morgan fingerprint density at radius 3 is 2.38 bits per heavy atom. The molecule has 3 heteroatoms. The molecule has 2 fully saturated rings. The SMILES string of the molecule is CC(C)CC1(N2CCN(C)CC2)CCCN(Cc2ccccc2)C1. The smallest absolute Gasteiger partial charge is 0.0340 e. The van der Waals surface area contributed by atoms with Gasteiger partial charge in [0.25, 0.3) is 0 Å². The molecule has 1 aromatic rings. The van der Waals surface area contributed by atoms with Gasteiger partial charge in [-0.3, -0.25) is 9.80 Å². The van der Waals surface area contributed by atoms with Crippen LogP contribution in [0.15, 0.2) is 30.3 Å². The Morgan fingerprint density at radius 2 is 1.71 bits per heavy atom. The molecule has 2 aliphatic heterocycles. The van der Waals surface area contributed by atoms with Crippen molar-refractivity contribution < 1.29 is 0 Å². The van der Waals surface area contributed by atoms with E-state index in [0.29, 0.717) is 5.54 Å². The van der Waals surface area contributed by atoms with Gasteiger partial charge in [-0.05, 0) is 44.3 Å². The first-order valence-corrected chi connectivity index (χ1v) is 9.77. The second-order valence-electron chi connectivity index (χ2n) is 8.41. The highest BCUT2D eigenvalue weighted by Gasteiger charge is 2.41. The van der Waals surface area contributed by atoms with Crippen LogP contribution in [0.4, 0.5) is 0 Å². The van der Waals surface area contributed by atoms with Crippen LogP contribution in [-0.2, 0) is 6.54 Å². The molecule has 3 rings (SSSR count). The Labute approximate surface area is 148 Å². The third-order valence-corrected chi connectivity index (χ3v) is 5.85. The van der Waals surface area contributed by atoms with Crippen LogP contribution in [0.1, 0.15) is 38.7 Å². The average molecular weight is 330 g/mol. The fourth-order valence-corrected chi connectivity index (χ4v) is 4.78. The van der Waals surface area contributed by atoms with Crippen LogP contribution in [0.25, 0.3) is 0 Å². The Morgan fingerprint density at radius 1 is 1.00 bits per heavy atom. The lowest BCUT2D eigenvalue weighted by molar-refractivity contribution is -0.0284. The highest BCUT2D eigenvalue weighted by atomic mass is 15.3. The number of hydrogen-bond donors (Lipinski definition) is 0. The lowest BCUT2D eigenvalue weighted by Crippen LogP contribution is -2.63. The predicted molar refractivity (Wildman–Crippen MR) is 102 cm³/mol. The summed E-state index contributed by atoms with van der Waals surface area (Å²) in [6.45, 7) is 13.3. The van der Waals surface area contributed by atoms with Gasteiger partial charge in [0.1, 0.15) is 0 Å². The fourth-order valence-electron chi connectivity index (χ4n) is 4.78. The average Bonchev–Trinajstić information content (AvgIpc) is 2.56. The summed E-state index contributed by atoms with van der Waals surface area (Å²) in [4.78, 5) is 8.02. The van der Waals surface area contributed by atoms with Crippen LogP contribution < -0.4 is 0 Å². The van der Waals surface area contributed by atoms with Crippen LogP contribution in [0.3, 0.4) is 0 Å². The van der Waals surface area contributed by atoms with Crippen molar-refractivity contribution in [3.8, 4) is 0 Å². The van der Waals surface area contributed by atoms with Crippen molar-refractivity contribution in [1.29, 1.82) is 0 Å². The Balaban J connectivity index is 1.72. The first kappa shape index (κ1) is 17.9. The Hall–Kier alpha value is -0.900. The van der Waals surface area contributed by atoms with Crippen molar-refractivity contribution in [3.05, 3.63) is 35.9 Å². The van der Waals surface area contributed by atoms with Crippen LogP contribution in [0, 0.1) is 5.92 Å². The molecule has 3 nitrogen and oxygen atoms in total. The lowest BCUT2D eigenvalue weighted by atomic mass is 9.79. The van der Waals surface area contributed by atoms with Crippen molar-refractivity contribution in [1.82, 2.24) is 14.7 Å². The maximum atomic E-state index is 2.84. The highest BCUT2D eigenvalue weighted by Crippen LogP contribution is 2.35. The molecule has 2 heterocycles. The van der Waals surface area contributed by atoms with E-state index in [0.717, 1.165) is 12.5 Å². The number of likely N-dealkylation sites (tertiary alicyclic amines) is 1. The van der Waals surface area contributed by atoms with Gasteiger partial charge in [-0.15, -0.1) is 0 Å². The molecule has 0 N–H and O–H groups in total. The molecule has 0 saturated carbocycles. The first-order valence-electron chi connectivity index (χ1n) is 9.77. The quantitative estimate of drug-likeness (QED) is 0.820. The highest BCUT2D eigenvalue weighted by molar-refractivity contribution is 5.15. The molecule has 0 aliphatic carbocycles. The van der Waals surface area contributed by atoms with Crippen LogP contribution >= 0.6 is 0 Å². The van der Waals surface area contributed by atoms with Gasteiger partial charge in [-0.25, -0.2) is 0 Å². The Bertz CT molecular complexity index is 493. The summed E-state index contributed by atoms with van der Waals surface area (Å²) < 4.78 is 0. The second kappa shape index (κ2) is 7.99. The number of nitrogens with zero attached hydrogens (tertiary/aromatic N) is 3. The minimum Gasteiger partial charge on any atom is -0.304 e. The van der Waals surface area contributed by atoms with Gasteiger partial charge in [0.05, 0.1) is 0 Å². The van der Waals surface area contributed by atoms with Crippen LogP contribution in [-0.4, -0.2) is 66.6 Å². The van der Waals surface area contributed by atoms with E-state index in [-0.39, 0.29) is 0 Å². The minimum absolute atomic E-state index is 0.391. The van der Waals surface area contributed by atoms with Crippen molar-refractivity contribution >= 4 is 0 Å². The molecule has 0 amide bonds. The molecule has 134 valence electrons. The van der Waals surface area contributed by atoms with Crippen molar-refractivity contribution in [3.63, 3.8) is 0 Å². The summed E-state index contributed by atoms with van der Waals surface area (Å²) in [5, 5.41) is 0. The number of benzene rings is 1. The van der Waals surface area contributed by atoms with Gasteiger partial charge in [-0.2, -0.15) is 0 Å². The molecule has 1 unspecified atom stereocenters. The molecule has 24 heavy (non-hydrogen) atoms.